The summed E-state index contributed by atoms with van der Waals surface area (Å²) < 4.78 is 16.1. The molecule has 0 bridgehead atoms. The molecule has 7 nitrogen and oxygen atoms in total. The summed E-state index contributed by atoms with van der Waals surface area (Å²) in [5, 5.41) is 10.5. The van der Waals surface area contributed by atoms with E-state index in [-0.39, 0.29) is 18.7 Å². The molecule has 0 radical (unpaired) electrons. The van der Waals surface area contributed by atoms with E-state index in [1.807, 2.05) is 12.1 Å². The summed E-state index contributed by atoms with van der Waals surface area (Å²) in [6.45, 7) is 4.47. The summed E-state index contributed by atoms with van der Waals surface area (Å²) in [6.07, 6.45) is 0.505. The van der Waals surface area contributed by atoms with Gasteiger partial charge in [-0.1, -0.05) is 43.2 Å². The molecule has 1 aliphatic rings. The maximum absolute atomic E-state index is 12.3. The summed E-state index contributed by atoms with van der Waals surface area (Å²) in [5.74, 6) is 1.73. The molecule has 0 spiro atoms. The monoisotopic (exact) mass is 365 g/mol. The molecule has 4 rings (SSSR count). The van der Waals surface area contributed by atoms with Gasteiger partial charge in [-0.05, 0) is 35.2 Å². The van der Waals surface area contributed by atoms with E-state index in [0.717, 1.165) is 5.56 Å². The van der Waals surface area contributed by atoms with E-state index in [0.29, 0.717) is 35.3 Å². The minimum Gasteiger partial charge on any atom is -0.454 e. The Bertz CT molecular complexity index is 964. The van der Waals surface area contributed by atoms with Gasteiger partial charge in [-0.15, -0.1) is 5.10 Å². The van der Waals surface area contributed by atoms with Gasteiger partial charge in [0.25, 0.3) is 5.91 Å². The number of carbonyl (C=O) groups excluding carboxylic acids is 1. The molecule has 0 fully saturated rings. The molecule has 0 saturated heterocycles. The van der Waals surface area contributed by atoms with Crippen molar-refractivity contribution in [2.45, 2.75) is 26.2 Å². The summed E-state index contributed by atoms with van der Waals surface area (Å²) in [6, 6.07) is 13.3. The van der Waals surface area contributed by atoms with Gasteiger partial charge in [-0.25, -0.2) is 0 Å². The second kappa shape index (κ2) is 7.11. The van der Waals surface area contributed by atoms with Crippen LogP contribution in [-0.4, -0.2) is 22.9 Å². The van der Waals surface area contributed by atoms with Gasteiger partial charge in [0, 0.05) is 5.56 Å². The van der Waals surface area contributed by atoms with E-state index in [2.05, 4.69) is 41.5 Å². The number of hydrogen-bond acceptors (Lipinski definition) is 6. The number of ether oxygens (including phenoxy) is 2. The highest BCUT2D eigenvalue weighted by molar-refractivity contribution is 6.03. The number of hydrogen-bond donors (Lipinski definition) is 1. The fourth-order valence-corrected chi connectivity index (χ4v) is 2.78. The average Bonchev–Trinajstić information content (AvgIpc) is 3.30. The molecule has 0 aliphatic carbocycles. The number of rotatable bonds is 5. The van der Waals surface area contributed by atoms with Crippen molar-refractivity contribution in [1.82, 2.24) is 10.2 Å². The van der Waals surface area contributed by atoms with Gasteiger partial charge in [0.2, 0.25) is 12.7 Å². The van der Waals surface area contributed by atoms with Crippen LogP contribution in [0, 0.1) is 0 Å². The molecule has 1 N–H and O–H groups in total. The summed E-state index contributed by atoms with van der Waals surface area (Å²) in [5.41, 5.74) is 2.76. The normalized spacial score (nSPS) is 12.4. The Morgan fingerprint density at radius 3 is 2.63 bits per heavy atom. The molecule has 1 aromatic heterocycles. The third-order valence-electron chi connectivity index (χ3n) is 4.32. The lowest BCUT2D eigenvalue weighted by Gasteiger charge is -2.05. The first-order valence-electron chi connectivity index (χ1n) is 8.71. The Kier molecular flexibility index (Phi) is 4.50. The largest absolute Gasteiger partial charge is 0.454 e. The van der Waals surface area contributed by atoms with Crippen LogP contribution in [0.5, 0.6) is 11.5 Å². The van der Waals surface area contributed by atoms with Crippen LogP contribution in [0.3, 0.4) is 0 Å². The number of carbonyl (C=O) groups is 1. The minimum absolute atomic E-state index is 0.0615. The zero-order valence-electron chi connectivity index (χ0n) is 15.1. The van der Waals surface area contributed by atoms with Crippen molar-refractivity contribution < 1.29 is 18.7 Å². The van der Waals surface area contributed by atoms with Crippen molar-refractivity contribution in [2.75, 3.05) is 12.1 Å². The van der Waals surface area contributed by atoms with Crippen molar-refractivity contribution >= 4 is 11.9 Å². The van der Waals surface area contributed by atoms with Crippen molar-refractivity contribution in [3.8, 4) is 11.5 Å². The molecular formula is C20H19N3O4. The molecule has 27 heavy (non-hydrogen) atoms. The van der Waals surface area contributed by atoms with Crippen LogP contribution in [0.15, 0.2) is 46.9 Å². The summed E-state index contributed by atoms with van der Waals surface area (Å²) in [7, 11) is 0. The second-order valence-corrected chi connectivity index (χ2v) is 6.60. The Balaban J connectivity index is 1.41. The second-order valence-electron chi connectivity index (χ2n) is 6.60. The molecule has 1 aliphatic heterocycles. The molecule has 0 saturated carbocycles. The Morgan fingerprint density at radius 2 is 1.85 bits per heavy atom. The number of aromatic nitrogens is 2. The highest BCUT2D eigenvalue weighted by Crippen LogP contribution is 2.32. The molecule has 2 aromatic carbocycles. The quantitative estimate of drug-likeness (QED) is 0.741. The van der Waals surface area contributed by atoms with Crippen LogP contribution >= 0.6 is 0 Å². The lowest BCUT2D eigenvalue weighted by Crippen LogP contribution is -2.12. The van der Waals surface area contributed by atoms with Gasteiger partial charge in [0.1, 0.15) is 0 Å². The number of anilines is 1. The fourth-order valence-electron chi connectivity index (χ4n) is 2.78. The van der Waals surface area contributed by atoms with Crippen LogP contribution in [-0.2, 0) is 6.42 Å². The predicted octanol–water partition coefficient (Wildman–Crippen LogP) is 3.76. The van der Waals surface area contributed by atoms with Gasteiger partial charge in [-0.2, -0.15) is 0 Å². The lowest BCUT2D eigenvalue weighted by atomic mass is 10.0. The molecular weight excluding hydrogens is 346 g/mol. The van der Waals surface area contributed by atoms with Gasteiger partial charge >= 0.3 is 6.01 Å². The molecule has 3 aromatic rings. The topological polar surface area (TPSA) is 86.5 Å². The standard InChI is InChI=1S/C20H19N3O4/c1-12(2)14-5-3-13(4-6-14)9-18-22-23-20(27-18)21-19(24)15-7-8-16-17(10-15)26-11-25-16/h3-8,10,12H,9,11H2,1-2H3,(H,21,23,24). The number of benzene rings is 2. The third kappa shape index (κ3) is 3.76. The van der Waals surface area contributed by atoms with E-state index in [4.69, 9.17) is 13.9 Å². The zero-order valence-corrected chi connectivity index (χ0v) is 15.1. The number of fused-ring (bicyclic) bond motifs is 1. The van der Waals surface area contributed by atoms with Crippen LogP contribution in [0.2, 0.25) is 0 Å². The van der Waals surface area contributed by atoms with Gasteiger partial charge < -0.3 is 13.9 Å². The maximum Gasteiger partial charge on any atom is 0.322 e. The van der Waals surface area contributed by atoms with Gasteiger partial charge in [0.15, 0.2) is 11.5 Å². The zero-order chi connectivity index (χ0) is 18.8. The van der Waals surface area contributed by atoms with Crippen molar-refractivity contribution in [2.24, 2.45) is 0 Å². The SMILES string of the molecule is CC(C)c1ccc(Cc2nnc(NC(=O)c3ccc4c(c3)OCO4)o2)cc1. The first-order valence-corrected chi connectivity index (χ1v) is 8.71. The lowest BCUT2D eigenvalue weighted by molar-refractivity contribution is 0.102. The smallest absolute Gasteiger partial charge is 0.322 e. The first-order chi connectivity index (χ1) is 13.1. The first kappa shape index (κ1) is 17.1. The molecule has 0 atom stereocenters. The molecule has 138 valence electrons. The summed E-state index contributed by atoms with van der Waals surface area (Å²) in [4.78, 5) is 12.3. The van der Waals surface area contributed by atoms with E-state index >= 15 is 0 Å². The van der Waals surface area contributed by atoms with E-state index in [1.54, 1.807) is 18.2 Å². The Morgan fingerprint density at radius 1 is 1.07 bits per heavy atom. The van der Waals surface area contributed by atoms with Gasteiger partial charge in [-0.3, -0.25) is 10.1 Å². The van der Waals surface area contributed by atoms with Gasteiger partial charge in [0.05, 0.1) is 6.42 Å². The molecule has 1 amide bonds. The van der Waals surface area contributed by atoms with Crippen molar-refractivity contribution in [3.05, 3.63) is 65.0 Å². The maximum atomic E-state index is 12.3. The predicted molar refractivity (Wildman–Crippen MR) is 98.2 cm³/mol. The molecule has 0 unspecified atom stereocenters. The Hall–Kier alpha value is -3.35. The van der Waals surface area contributed by atoms with E-state index < -0.39 is 0 Å². The minimum atomic E-state index is -0.357. The summed E-state index contributed by atoms with van der Waals surface area (Å²) >= 11 is 0. The average molecular weight is 365 g/mol. The highest BCUT2D eigenvalue weighted by Gasteiger charge is 2.18. The number of amides is 1. The fraction of sp³-hybridized carbons (Fsp3) is 0.250. The Labute approximate surface area is 156 Å². The van der Waals surface area contributed by atoms with Crippen LogP contribution in [0.25, 0.3) is 0 Å². The number of nitrogens with zero attached hydrogens (tertiary/aromatic N) is 2. The van der Waals surface area contributed by atoms with Crippen LogP contribution < -0.4 is 14.8 Å². The third-order valence-corrected chi connectivity index (χ3v) is 4.32. The highest BCUT2D eigenvalue weighted by atomic mass is 16.7. The van der Waals surface area contributed by atoms with Crippen LogP contribution in [0.4, 0.5) is 6.01 Å². The van der Waals surface area contributed by atoms with E-state index in [9.17, 15) is 4.79 Å². The molecule has 2 heterocycles. The number of nitrogens with one attached hydrogen (secondary N) is 1. The molecule has 7 heteroatoms. The van der Waals surface area contributed by atoms with Crippen molar-refractivity contribution in [1.29, 1.82) is 0 Å². The van der Waals surface area contributed by atoms with E-state index in [1.165, 1.54) is 5.56 Å². The van der Waals surface area contributed by atoms with Crippen molar-refractivity contribution in [3.63, 3.8) is 0 Å². The van der Waals surface area contributed by atoms with Crippen LogP contribution in [0.1, 0.15) is 47.1 Å².